The van der Waals surface area contributed by atoms with E-state index in [1.807, 2.05) is 11.4 Å². The van der Waals surface area contributed by atoms with Crippen molar-refractivity contribution in [1.29, 1.82) is 0 Å². The summed E-state index contributed by atoms with van der Waals surface area (Å²) in [5.74, 6) is 0.985. The summed E-state index contributed by atoms with van der Waals surface area (Å²) in [5, 5.41) is 2.37. The number of hydrogen-bond donors (Lipinski definition) is 0. The third-order valence-electron chi connectivity index (χ3n) is 2.54. The largest absolute Gasteiger partial charge is 0.355 e. The van der Waals surface area contributed by atoms with Crippen LogP contribution in [-0.2, 0) is 0 Å². The molecule has 0 aliphatic carbocycles. The molecule has 17 heavy (non-hydrogen) atoms. The number of halogens is 1. The van der Waals surface area contributed by atoms with Gasteiger partial charge in [-0.3, -0.25) is 0 Å². The maximum Gasteiger partial charge on any atom is 0.224 e. The second kappa shape index (κ2) is 5.65. The van der Waals surface area contributed by atoms with E-state index in [1.54, 1.807) is 11.3 Å². The molecule has 5 heteroatoms. The minimum atomic E-state index is 0.336. The van der Waals surface area contributed by atoms with E-state index in [-0.39, 0.29) is 0 Å². The third kappa shape index (κ3) is 2.69. The van der Waals surface area contributed by atoms with Crippen LogP contribution in [0.1, 0.15) is 26.7 Å². The average Bonchev–Trinajstić information content (AvgIpc) is 2.75. The van der Waals surface area contributed by atoms with Crippen LogP contribution in [0.3, 0.4) is 0 Å². The van der Waals surface area contributed by atoms with Gasteiger partial charge in [0.15, 0.2) is 5.82 Å². The van der Waals surface area contributed by atoms with Gasteiger partial charge in [0.25, 0.3) is 0 Å². The lowest BCUT2D eigenvalue weighted by Gasteiger charge is -2.22. The fourth-order valence-electron chi connectivity index (χ4n) is 1.90. The summed E-state index contributed by atoms with van der Waals surface area (Å²) in [5.41, 5.74) is 0.946. The number of fused-ring (bicyclic) bond motifs is 1. The number of aromatic nitrogens is 2. The number of hydrogen-bond acceptors (Lipinski definition) is 4. The van der Waals surface area contributed by atoms with Gasteiger partial charge in [-0.1, -0.05) is 13.8 Å². The lowest BCUT2D eigenvalue weighted by Crippen LogP contribution is -2.26. The molecule has 0 radical (unpaired) electrons. The van der Waals surface area contributed by atoms with Gasteiger partial charge >= 0.3 is 0 Å². The monoisotopic (exact) mass is 269 g/mol. The van der Waals surface area contributed by atoms with Crippen molar-refractivity contribution in [2.24, 2.45) is 0 Å². The molecular weight excluding hydrogens is 254 g/mol. The van der Waals surface area contributed by atoms with E-state index >= 15 is 0 Å². The van der Waals surface area contributed by atoms with E-state index < -0.39 is 0 Å². The molecule has 0 aliphatic heterocycles. The Morgan fingerprint density at radius 1 is 1.24 bits per heavy atom. The Morgan fingerprint density at radius 2 is 1.94 bits per heavy atom. The van der Waals surface area contributed by atoms with Crippen molar-refractivity contribution in [3.63, 3.8) is 0 Å². The topological polar surface area (TPSA) is 29.0 Å². The van der Waals surface area contributed by atoms with Gasteiger partial charge in [0.2, 0.25) is 5.28 Å². The summed E-state index contributed by atoms with van der Waals surface area (Å²) in [6.45, 7) is 6.37. The highest BCUT2D eigenvalue weighted by atomic mass is 35.5. The predicted octanol–water partition coefficient (Wildman–Crippen LogP) is 3.97. The van der Waals surface area contributed by atoms with Crippen LogP contribution >= 0.6 is 22.9 Å². The zero-order valence-corrected chi connectivity index (χ0v) is 11.7. The Morgan fingerprint density at radius 3 is 2.59 bits per heavy atom. The van der Waals surface area contributed by atoms with Crippen LogP contribution in [0, 0.1) is 0 Å². The van der Waals surface area contributed by atoms with Crippen LogP contribution in [0.15, 0.2) is 11.4 Å². The molecule has 0 bridgehead atoms. The maximum absolute atomic E-state index is 5.98. The smallest absolute Gasteiger partial charge is 0.224 e. The van der Waals surface area contributed by atoms with E-state index in [1.165, 1.54) is 0 Å². The molecule has 0 saturated carbocycles. The molecule has 2 aromatic rings. The first-order valence-corrected chi connectivity index (χ1v) is 7.17. The van der Waals surface area contributed by atoms with E-state index in [9.17, 15) is 0 Å². The molecule has 2 aromatic heterocycles. The molecule has 0 aromatic carbocycles. The van der Waals surface area contributed by atoms with Crippen LogP contribution in [-0.4, -0.2) is 23.1 Å². The summed E-state index contributed by atoms with van der Waals surface area (Å²) < 4.78 is 1.14. The van der Waals surface area contributed by atoms with Gasteiger partial charge < -0.3 is 4.90 Å². The third-order valence-corrected chi connectivity index (χ3v) is 3.61. The zero-order valence-electron chi connectivity index (χ0n) is 10.1. The van der Waals surface area contributed by atoms with Crippen molar-refractivity contribution in [2.75, 3.05) is 18.0 Å². The van der Waals surface area contributed by atoms with Crippen molar-refractivity contribution in [3.05, 3.63) is 16.7 Å². The molecule has 0 unspecified atom stereocenters. The Bertz CT molecular complexity index is 491. The Kier molecular flexibility index (Phi) is 4.18. The van der Waals surface area contributed by atoms with Crippen LogP contribution < -0.4 is 4.90 Å². The average molecular weight is 270 g/mol. The second-order valence-corrected chi connectivity index (χ2v) is 5.19. The fraction of sp³-hybridized carbons (Fsp3) is 0.500. The Labute approximate surface area is 110 Å². The first-order chi connectivity index (χ1) is 8.26. The highest BCUT2D eigenvalue weighted by Crippen LogP contribution is 2.30. The van der Waals surface area contributed by atoms with Crippen LogP contribution in [0.2, 0.25) is 5.28 Å². The highest BCUT2D eigenvalue weighted by molar-refractivity contribution is 7.17. The molecule has 0 saturated heterocycles. The minimum absolute atomic E-state index is 0.336. The van der Waals surface area contributed by atoms with Crippen LogP contribution in [0.5, 0.6) is 0 Å². The molecule has 3 nitrogen and oxygen atoms in total. The summed E-state index contributed by atoms with van der Waals surface area (Å²) in [4.78, 5) is 10.9. The number of rotatable bonds is 5. The first-order valence-electron chi connectivity index (χ1n) is 5.92. The Hall–Kier alpha value is -0.870. The van der Waals surface area contributed by atoms with Crippen molar-refractivity contribution < 1.29 is 0 Å². The first kappa shape index (κ1) is 12.6. The predicted molar refractivity (Wildman–Crippen MR) is 75.2 cm³/mol. The maximum atomic E-state index is 5.98. The van der Waals surface area contributed by atoms with Crippen molar-refractivity contribution >= 4 is 39.0 Å². The van der Waals surface area contributed by atoms with E-state index in [2.05, 4.69) is 28.7 Å². The molecule has 0 spiro atoms. The lowest BCUT2D eigenvalue weighted by atomic mass is 10.3. The van der Waals surface area contributed by atoms with Crippen molar-refractivity contribution in [2.45, 2.75) is 26.7 Å². The van der Waals surface area contributed by atoms with Gasteiger partial charge in [0, 0.05) is 13.1 Å². The van der Waals surface area contributed by atoms with E-state index in [4.69, 9.17) is 11.6 Å². The standard InChI is InChI=1S/C12H16ClN3S/c1-3-6-16(7-4-2)11-10-9(5-8-17-10)14-12(13)15-11/h5,8H,3-4,6-7H2,1-2H3. The van der Waals surface area contributed by atoms with E-state index in [0.29, 0.717) is 5.28 Å². The van der Waals surface area contributed by atoms with Crippen LogP contribution in [0.25, 0.3) is 10.2 Å². The molecule has 0 fully saturated rings. The highest BCUT2D eigenvalue weighted by Gasteiger charge is 2.13. The lowest BCUT2D eigenvalue weighted by molar-refractivity contribution is 0.737. The molecule has 0 N–H and O–H groups in total. The van der Waals surface area contributed by atoms with Gasteiger partial charge in [-0.15, -0.1) is 11.3 Å². The summed E-state index contributed by atoms with van der Waals surface area (Å²) in [6.07, 6.45) is 2.21. The van der Waals surface area contributed by atoms with Gasteiger partial charge in [-0.25, -0.2) is 4.98 Å². The van der Waals surface area contributed by atoms with Crippen molar-refractivity contribution in [1.82, 2.24) is 9.97 Å². The summed E-state index contributed by atoms with van der Waals surface area (Å²) in [6, 6.07) is 1.99. The fourth-order valence-corrected chi connectivity index (χ4v) is 2.92. The van der Waals surface area contributed by atoms with Gasteiger partial charge in [0.05, 0.1) is 10.2 Å². The van der Waals surface area contributed by atoms with Gasteiger partial charge in [-0.2, -0.15) is 4.98 Å². The molecule has 0 aliphatic rings. The molecule has 0 atom stereocenters. The molecule has 2 rings (SSSR count). The SMILES string of the molecule is CCCN(CCC)c1nc(Cl)nc2ccsc12. The van der Waals surface area contributed by atoms with Crippen LogP contribution in [0.4, 0.5) is 5.82 Å². The zero-order chi connectivity index (χ0) is 12.3. The van der Waals surface area contributed by atoms with Gasteiger partial charge in [-0.05, 0) is 35.9 Å². The van der Waals surface area contributed by atoms with Gasteiger partial charge in [0.1, 0.15) is 0 Å². The molecular formula is C12H16ClN3S. The summed E-state index contributed by atoms with van der Waals surface area (Å²) in [7, 11) is 0. The normalized spacial score (nSPS) is 11.0. The molecule has 2 heterocycles. The summed E-state index contributed by atoms with van der Waals surface area (Å²) >= 11 is 7.66. The molecule has 0 amide bonds. The Balaban J connectivity index is 2.46. The second-order valence-electron chi connectivity index (χ2n) is 3.94. The molecule has 92 valence electrons. The number of anilines is 1. The van der Waals surface area contributed by atoms with Crippen molar-refractivity contribution in [3.8, 4) is 0 Å². The minimum Gasteiger partial charge on any atom is -0.355 e. The van der Waals surface area contributed by atoms with E-state index in [0.717, 1.165) is 42.0 Å². The quantitative estimate of drug-likeness (QED) is 0.769. The number of nitrogens with zero attached hydrogens (tertiary/aromatic N) is 3. The number of thiophene rings is 1.